The van der Waals surface area contributed by atoms with Crippen molar-refractivity contribution in [2.75, 3.05) is 26.2 Å². The summed E-state index contributed by atoms with van der Waals surface area (Å²) < 4.78 is 0. The first-order valence-corrected chi connectivity index (χ1v) is 8.77. The van der Waals surface area contributed by atoms with E-state index in [-0.39, 0.29) is 6.04 Å². The number of hydrogen-bond donors (Lipinski definition) is 1. The molecule has 1 aliphatic heterocycles. The summed E-state index contributed by atoms with van der Waals surface area (Å²) >= 11 is 12.5. The van der Waals surface area contributed by atoms with Crippen LogP contribution in [0.2, 0.25) is 10.0 Å². The number of benzene rings is 1. The molecule has 1 aliphatic rings. The lowest BCUT2D eigenvalue weighted by Crippen LogP contribution is -2.36. The second-order valence-corrected chi connectivity index (χ2v) is 6.88. The van der Waals surface area contributed by atoms with Crippen LogP contribution in [0, 0.1) is 5.92 Å². The fourth-order valence-electron chi connectivity index (χ4n) is 3.20. The van der Waals surface area contributed by atoms with Crippen molar-refractivity contribution in [3.05, 3.63) is 33.8 Å². The number of halogens is 2. The van der Waals surface area contributed by atoms with E-state index in [1.165, 1.54) is 25.9 Å². The Bertz CT molecular complexity index is 450. The summed E-state index contributed by atoms with van der Waals surface area (Å²) in [5, 5.41) is 4.88. The lowest BCUT2D eigenvalue weighted by Gasteiger charge is -2.32. The highest BCUT2D eigenvalue weighted by molar-refractivity contribution is 6.42. The van der Waals surface area contributed by atoms with Crippen LogP contribution in [0.3, 0.4) is 0 Å². The molecule has 1 aromatic carbocycles. The van der Waals surface area contributed by atoms with Crippen molar-refractivity contribution >= 4 is 23.2 Å². The first-order chi connectivity index (χ1) is 10.1. The third kappa shape index (κ3) is 4.85. The highest BCUT2D eigenvalue weighted by Gasteiger charge is 2.20. The lowest BCUT2D eigenvalue weighted by molar-refractivity contribution is 0.176. The summed E-state index contributed by atoms with van der Waals surface area (Å²) in [6.07, 6.45) is 3.76. The van der Waals surface area contributed by atoms with Crippen molar-refractivity contribution in [2.24, 2.45) is 5.92 Å². The van der Waals surface area contributed by atoms with Gasteiger partial charge in [-0.1, -0.05) is 49.2 Å². The van der Waals surface area contributed by atoms with Crippen LogP contribution >= 0.6 is 23.2 Å². The Labute approximate surface area is 138 Å². The van der Waals surface area contributed by atoms with Gasteiger partial charge in [-0.15, -0.1) is 0 Å². The molecule has 21 heavy (non-hydrogen) atoms. The Hall–Kier alpha value is -0.280. The van der Waals surface area contributed by atoms with Crippen molar-refractivity contribution in [1.29, 1.82) is 0 Å². The predicted octanol–water partition coefficient (Wildman–Crippen LogP) is 4.77. The number of piperidine rings is 1. The van der Waals surface area contributed by atoms with E-state index < -0.39 is 0 Å². The molecule has 1 aromatic rings. The van der Waals surface area contributed by atoms with Gasteiger partial charge in [-0.3, -0.25) is 0 Å². The van der Waals surface area contributed by atoms with Crippen LogP contribution in [-0.4, -0.2) is 31.1 Å². The zero-order chi connectivity index (χ0) is 15.2. The minimum absolute atomic E-state index is 0.276. The first-order valence-electron chi connectivity index (χ1n) is 8.01. The van der Waals surface area contributed by atoms with E-state index in [9.17, 15) is 0 Å². The van der Waals surface area contributed by atoms with Crippen LogP contribution < -0.4 is 5.32 Å². The molecular weight excluding hydrogens is 303 g/mol. The minimum atomic E-state index is 0.276. The average molecular weight is 329 g/mol. The van der Waals surface area contributed by atoms with Crippen molar-refractivity contribution in [1.82, 2.24) is 10.2 Å². The van der Waals surface area contributed by atoms with Gasteiger partial charge >= 0.3 is 0 Å². The van der Waals surface area contributed by atoms with Gasteiger partial charge in [0.15, 0.2) is 0 Å². The molecule has 2 unspecified atom stereocenters. The quantitative estimate of drug-likeness (QED) is 0.809. The standard InChI is InChI=1S/C17H26Cl2N2/c1-3-20-16(14-7-4-8-15(18)17(14)19)9-11-21-10-5-6-13(2)12-21/h4,7-8,13,16,20H,3,5-6,9-12H2,1-2H3. The molecule has 2 rings (SSSR count). The minimum Gasteiger partial charge on any atom is -0.310 e. The fourth-order valence-corrected chi connectivity index (χ4v) is 3.64. The summed E-state index contributed by atoms with van der Waals surface area (Å²) in [7, 11) is 0. The molecule has 1 heterocycles. The maximum absolute atomic E-state index is 6.38. The van der Waals surface area contributed by atoms with Crippen molar-refractivity contribution in [2.45, 2.75) is 39.2 Å². The van der Waals surface area contributed by atoms with Gasteiger partial charge in [-0.25, -0.2) is 0 Å². The van der Waals surface area contributed by atoms with E-state index >= 15 is 0 Å². The normalized spacial score (nSPS) is 21.4. The molecule has 0 spiro atoms. The van der Waals surface area contributed by atoms with Crippen LogP contribution in [0.4, 0.5) is 0 Å². The van der Waals surface area contributed by atoms with E-state index in [4.69, 9.17) is 23.2 Å². The summed E-state index contributed by atoms with van der Waals surface area (Å²) in [5.74, 6) is 0.825. The summed E-state index contributed by atoms with van der Waals surface area (Å²) in [6.45, 7) is 8.99. The highest BCUT2D eigenvalue weighted by Crippen LogP contribution is 2.31. The third-order valence-corrected chi connectivity index (χ3v) is 5.12. The van der Waals surface area contributed by atoms with Crippen LogP contribution in [0.5, 0.6) is 0 Å². The van der Waals surface area contributed by atoms with Gasteiger partial charge < -0.3 is 10.2 Å². The highest BCUT2D eigenvalue weighted by atomic mass is 35.5. The van der Waals surface area contributed by atoms with Gasteiger partial charge in [0.25, 0.3) is 0 Å². The smallest absolute Gasteiger partial charge is 0.0640 e. The van der Waals surface area contributed by atoms with Gasteiger partial charge in [-0.2, -0.15) is 0 Å². The molecule has 0 aliphatic carbocycles. The number of nitrogens with one attached hydrogen (secondary N) is 1. The Kier molecular flexibility index (Phi) is 6.81. The second kappa shape index (κ2) is 8.38. The molecule has 1 saturated heterocycles. The molecule has 118 valence electrons. The van der Waals surface area contributed by atoms with E-state index in [0.717, 1.165) is 31.0 Å². The number of rotatable bonds is 6. The largest absolute Gasteiger partial charge is 0.310 e. The molecular formula is C17H26Cl2N2. The summed E-state index contributed by atoms with van der Waals surface area (Å²) in [5.41, 5.74) is 1.12. The van der Waals surface area contributed by atoms with Crippen molar-refractivity contribution in [3.8, 4) is 0 Å². The molecule has 0 amide bonds. The maximum atomic E-state index is 6.38. The van der Waals surface area contributed by atoms with E-state index in [2.05, 4.69) is 30.1 Å². The first kappa shape index (κ1) is 17.1. The summed E-state index contributed by atoms with van der Waals surface area (Å²) in [6, 6.07) is 6.19. The van der Waals surface area contributed by atoms with Crippen molar-refractivity contribution < 1.29 is 0 Å². The molecule has 1 fully saturated rings. The number of hydrogen-bond acceptors (Lipinski definition) is 2. The molecule has 0 saturated carbocycles. The number of nitrogens with zero attached hydrogens (tertiary/aromatic N) is 1. The van der Waals surface area contributed by atoms with Gasteiger partial charge in [0, 0.05) is 12.6 Å². The van der Waals surface area contributed by atoms with Gasteiger partial charge in [0.05, 0.1) is 10.0 Å². The lowest BCUT2D eigenvalue weighted by atomic mass is 9.98. The van der Waals surface area contributed by atoms with Crippen molar-refractivity contribution in [3.63, 3.8) is 0 Å². The van der Waals surface area contributed by atoms with E-state index in [1.807, 2.05) is 12.1 Å². The topological polar surface area (TPSA) is 15.3 Å². The Balaban J connectivity index is 2.00. The fraction of sp³-hybridized carbons (Fsp3) is 0.647. The van der Waals surface area contributed by atoms with E-state index in [1.54, 1.807) is 0 Å². The Morgan fingerprint density at radius 1 is 1.38 bits per heavy atom. The average Bonchev–Trinajstić information content (AvgIpc) is 2.47. The second-order valence-electron chi connectivity index (χ2n) is 6.09. The predicted molar refractivity (Wildman–Crippen MR) is 92.3 cm³/mol. The third-order valence-electron chi connectivity index (χ3n) is 4.28. The molecule has 2 nitrogen and oxygen atoms in total. The zero-order valence-electron chi connectivity index (χ0n) is 13.0. The van der Waals surface area contributed by atoms with Crippen LogP contribution in [-0.2, 0) is 0 Å². The number of likely N-dealkylation sites (tertiary alicyclic amines) is 1. The van der Waals surface area contributed by atoms with Crippen LogP contribution in [0.25, 0.3) is 0 Å². The molecule has 0 aromatic heterocycles. The maximum Gasteiger partial charge on any atom is 0.0640 e. The molecule has 2 atom stereocenters. The van der Waals surface area contributed by atoms with Gasteiger partial charge in [0.2, 0.25) is 0 Å². The zero-order valence-corrected chi connectivity index (χ0v) is 14.6. The molecule has 0 radical (unpaired) electrons. The SMILES string of the molecule is CCNC(CCN1CCCC(C)C1)c1cccc(Cl)c1Cl. The van der Waals surface area contributed by atoms with Gasteiger partial charge in [0.1, 0.15) is 0 Å². The van der Waals surface area contributed by atoms with E-state index in [0.29, 0.717) is 10.0 Å². The molecule has 0 bridgehead atoms. The Morgan fingerprint density at radius 2 is 2.19 bits per heavy atom. The molecule has 1 N–H and O–H groups in total. The van der Waals surface area contributed by atoms with Gasteiger partial charge in [-0.05, 0) is 56.4 Å². The molecule has 4 heteroatoms. The summed E-state index contributed by atoms with van der Waals surface area (Å²) in [4.78, 5) is 2.58. The van der Waals surface area contributed by atoms with Crippen LogP contribution in [0.1, 0.15) is 44.7 Å². The van der Waals surface area contributed by atoms with Crippen LogP contribution in [0.15, 0.2) is 18.2 Å². The monoisotopic (exact) mass is 328 g/mol. The Morgan fingerprint density at radius 3 is 2.90 bits per heavy atom.